The second-order valence-corrected chi connectivity index (χ2v) is 11.0. The fourth-order valence-electron chi connectivity index (χ4n) is 4.84. The number of hydrogen-bond acceptors (Lipinski definition) is 5. The molecule has 0 atom stereocenters. The summed E-state index contributed by atoms with van der Waals surface area (Å²) in [7, 11) is 0. The number of benzene rings is 2. The fraction of sp³-hybridized carbons (Fsp3) is 0.121. The van der Waals surface area contributed by atoms with E-state index in [1.165, 1.54) is 10.4 Å². The summed E-state index contributed by atoms with van der Waals surface area (Å²) in [6.45, 7) is 9.75. The quantitative estimate of drug-likeness (QED) is 0.163. The number of allylic oxidation sites excluding steroid dienone is 3. The number of aromatic nitrogens is 5. The maximum absolute atomic E-state index is 4.99. The van der Waals surface area contributed by atoms with Gasteiger partial charge >= 0.3 is 0 Å². The highest BCUT2D eigenvalue weighted by Gasteiger charge is 2.17. The zero-order valence-corrected chi connectivity index (χ0v) is 23.3. The molecule has 0 saturated carbocycles. The van der Waals surface area contributed by atoms with Crippen molar-refractivity contribution in [2.24, 2.45) is 0 Å². The Hall–Kier alpha value is -4.59. The highest BCUT2D eigenvalue weighted by Crippen LogP contribution is 2.34. The van der Waals surface area contributed by atoms with Gasteiger partial charge in [-0.25, -0.2) is 4.98 Å². The van der Waals surface area contributed by atoms with Crippen molar-refractivity contribution in [3.8, 4) is 22.0 Å². The average Bonchev–Trinajstić information content (AvgIpc) is 3.72. The van der Waals surface area contributed by atoms with Crippen molar-refractivity contribution in [3.05, 3.63) is 119 Å². The van der Waals surface area contributed by atoms with Gasteiger partial charge in [0.25, 0.3) is 0 Å². The van der Waals surface area contributed by atoms with Crippen molar-refractivity contribution < 1.29 is 0 Å². The Morgan fingerprint density at radius 3 is 2.70 bits per heavy atom. The lowest BCUT2D eigenvalue weighted by Gasteiger charge is -2.09. The Labute approximate surface area is 237 Å². The molecule has 0 aliphatic heterocycles. The van der Waals surface area contributed by atoms with Gasteiger partial charge in [0, 0.05) is 40.0 Å². The van der Waals surface area contributed by atoms with Gasteiger partial charge in [-0.2, -0.15) is 5.10 Å². The second kappa shape index (κ2) is 11.3. The number of nitrogens with one attached hydrogen (secondary N) is 3. The monoisotopic (exact) mass is 542 g/mol. The predicted octanol–water partition coefficient (Wildman–Crippen LogP) is 7.84. The van der Waals surface area contributed by atoms with Gasteiger partial charge in [-0.3, -0.25) is 10.1 Å². The van der Waals surface area contributed by atoms with Crippen LogP contribution in [0.2, 0.25) is 0 Å². The molecule has 4 aromatic heterocycles. The maximum atomic E-state index is 4.99. The molecule has 0 aliphatic rings. The second-order valence-electron chi connectivity index (χ2n) is 9.67. The summed E-state index contributed by atoms with van der Waals surface area (Å²) in [6, 6.07) is 21.0. The number of hydrogen-bond donors (Lipinski definition) is 3. The SMILES string of the molecule is C=C/C(=C\C(=C/C)c1ccc2[nH]nc(-c3nc4c(-c5ccc(C)s5)cncc4[nH]3)c2c1)CNCc1ccccc1. The van der Waals surface area contributed by atoms with Crippen LogP contribution in [0.5, 0.6) is 0 Å². The van der Waals surface area contributed by atoms with E-state index >= 15 is 0 Å². The molecule has 3 N–H and O–H groups in total. The smallest absolute Gasteiger partial charge is 0.159 e. The average molecular weight is 543 g/mol. The van der Waals surface area contributed by atoms with Crippen molar-refractivity contribution in [1.29, 1.82) is 0 Å². The van der Waals surface area contributed by atoms with Crippen LogP contribution in [0.25, 0.3) is 49.5 Å². The molecule has 0 radical (unpaired) electrons. The van der Waals surface area contributed by atoms with Crippen LogP contribution in [0, 0.1) is 6.92 Å². The topological polar surface area (TPSA) is 82.3 Å². The molecule has 198 valence electrons. The Morgan fingerprint density at radius 2 is 1.93 bits per heavy atom. The lowest BCUT2D eigenvalue weighted by Crippen LogP contribution is -2.15. The van der Waals surface area contributed by atoms with E-state index in [0.29, 0.717) is 0 Å². The largest absolute Gasteiger partial charge is 0.335 e. The van der Waals surface area contributed by atoms with Crippen molar-refractivity contribution in [1.82, 2.24) is 30.5 Å². The van der Waals surface area contributed by atoms with Crippen LogP contribution in [0.1, 0.15) is 22.9 Å². The highest BCUT2D eigenvalue weighted by atomic mass is 32.1. The van der Waals surface area contributed by atoms with E-state index in [4.69, 9.17) is 4.98 Å². The number of imidazole rings is 1. The molecule has 0 saturated heterocycles. The van der Waals surface area contributed by atoms with Gasteiger partial charge in [0.05, 0.1) is 17.2 Å². The van der Waals surface area contributed by atoms with Gasteiger partial charge in [-0.15, -0.1) is 11.3 Å². The van der Waals surface area contributed by atoms with Crippen LogP contribution in [-0.2, 0) is 6.54 Å². The summed E-state index contributed by atoms with van der Waals surface area (Å²) in [6.07, 6.45) is 9.94. The molecule has 6 rings (SSSR count). The number of aromatic amines is 2. The lowest BCUT2D eigenvalue weighted by atomic mass is 10.00. The van der Waals surface area contributed by atoms with Crippen LogP contribution in [-0.4, -0.2) is 31.7 Å². The highest BCUT2D eigenvalue weighted by molar-refractivity contribution is 7.15. The first kappa shape index (κ1) is 25.7. The number of thiophene rings is 1. The zero-order valence-electron chi connectivity index (χ0n) is 22.5. The van der Waals surface area contributed by atoms with Crippen LogP contribution in [0.4, 0.5) is 0 Å². The van der Waals surface area contributed by atoms with Crippen LogP contribution >= 0.6 is 11.3 Å². The third-order valence-corrected chi connectivity index (χ3v) is 7.97. The minimum atomic E-state index is 0.718. The molecule has 6 aromatic rings. The van der Waals surface area contributed by atoms with Gasteiger partial charge in [0.2, 0.25) is 0 Å². The molecule has 7 heteroatoms. The van der Waals surface area contributed by atoms with E-state index in [0.717, 1.165) is 73.7 Å². The normalized spacial score (nSPS) is 12.4. The van der Waals surface area contributed by atoms with Crippen molar-refractivity contribution in [2.75, 3.05) is 6.54 Å². The Bertz CT molecular complexity index is 1870. The third-order valence-electron chi connectivity index (χ3n) is 6.94. The molecule has 0 fully saturated rings. The van der Waals surface area contributed by atoms with Crippen molar-refractivity contribution in [2.45, 2.75) is 20.4 Å². The van der Waals surface area contributed by atoms with Crippen LogP contribution in [0.3, 0.4) is 0 Å². The minimum Gasteiger partial charge on any atom is -0.335 e. The Morgan fingerprint density at radius 1 is 1.05 bits per heavy atom. The van der Waals surface area contributed by atoms with Gasteiger partial charge in [0.15, 0.2) is 5.82 Å². The van der Waals surface area contributed by atoms with Gasteiger partial charge in [-0.1, -0.05) is 61.2 Å². The molecule has 2 aromatic carbocycles. The number of H-pyrrole nitrogens is 2. The zero-order chi connectivity index (χ0) is 27.5. The molecule has 4 heterocycles. The molecule has 0 bridgehead atoms. The first-order chi connectivity index (χ1) is 19.6. The van der Waals surface area contributed by atoms with E-state index in [2.05, 4.69) is 113 Å². The molecule has 0 aliphatic carbocycles. The summed E-state index contributed by atoms with van der Waals surface area (Å²) in [5.41, 5.74) is 9.16. The van der Waals surface area contributed by atoms with E-state index in [9.17, 15) is 0 Å². The number of rotatable bonds is 9. The molecular formula is C33H30N6S. The van der Waals surface area contributed by atoms with E-state index in [-0.39, 0.29) is 0 Å². The third kappa shape index (κ3) is 5.17. The maximum Gasteiger partial charge on any atom is 0.159 e. The summed E-state index contributed by atoms with van der Waals surface area (Å²) in [5.74, 6) is 0.718. The molecule has 0 amide bonds. The lowest BCUT2D eigenvalue weighted by molar-refractivity contribution is 0.747. The van der Waals surface area contributed by atoms with Crippen LogP contribution < -0.4 is 5.32 Å². The summed E-state index contributed by atoms with van der Waals surface area (Å²) < 4.78 is 0. The first-order valence-corrected chi connectivity index (χ1v) is 14.1. The van der Waals surface area contributed by atoms with Crippen LogP contribution in [0.15, 0.2) is 103 Å². The molecule has 40 heavy (non-hydrogen) atoms. The molecule has 0 unspecified atom stereocenters. The molecule has 6 nitrogen and oxygen atoms in total. The van der Waals surface area contributed by atoms with Gasteiger partial charge < -0.3 is 10.3 Å². The molecular weight excluding hydrogens is 512 g/mol. The Balaban J connectivity index is 1.30. The fourth-order valence-corrected chi connectivity index (χ4v) is 5.72. The summed E-state index contributed by atoms with van der Waals surface area (Å²) in [4.78, 5) is 15.3. The predicted molar refractivity (Wildman–Crippen MR) is 167 cm³/mol. The van der Waals surface area contributed by atoms with E-state index < -0.39 is 0 Å². The number of nitrogens with zero attached hydrogens (tertiary/aromatic N) is 3. The van der Waals surface area contributed by atoms with E-state index in [1.807, 2.05) is 24.5 Å². The number of aryl methyl sites for hydroxylation is 1. The molecule has 0 spiro atoms. The summed E-state index contributed by atoms with van der Waals surface area (Å²) >= 11 is 1.74. The summed E-state index contributed by atoms with van der Waals surface area (Å²) in [5, 5.41) is 12.3. The number of fused-ring (bicyclic) bond motifs is 2. The Kier molecular flexibility index (Phi) is 7.23. The standard InChI is InChI=1S/C33H30N6S/c1-4-22(17-34-18-23-9-7-6-8-10-23)15-24(5-2)25-12-13-28-26(16-25)32(39-38-28)33-36-29-20-35-19-27(31(29)37-33)30-14-11-21(3)40-30/h4-16,19-20,34H,1,17-18H2,2-3H3,(H,36,37)(H,38,39)/b22-15+,24-5+. The minimum absolute atomic E-state index is 0.718. The van der Waals surface area contributed by atoms with Crippen molar-refractivity contribution in [3.63, 3.8) is 0 Å². The van der Waals surface area contributed by atoms with E-state index in [1.54, 1.807) is 11.3 Å². The number of pyridine rings is 1. The first-order valence-electron chi connectivity index (χ1n) is 13.3. The van der Waals surface area contributed by atoms with Gasteiger partial charge in [0.1, 0.15) is 11.2 Å². The van der Waals surface area contributed by atoms with Crippen molar-refractivity contribution >= 4 is 38.8 Å². The van der Waals surface area contributed by atoms with Gasteiger partial charge in [-0.05, 0) is 60.4 Å².